The number of amides is 3. The van der Waals surface area contributed by atoms with Gasteiger partial charge in [0.15, 0.2) is 5.75 Å². The second-order valence-corrected chi connectivity index (χ2v) is 6.83. The SMILES string of the molecule is CC(=O)Oc1ccccc1NC(=O)NCC1CC(=O)N(c2ccc(C)cc2)C1. The van der Waals surface area contributed by atoms with Gasteiger partial charge in [-0.2, -0.15) is 0 Å². The fourth-order valence-electron chi connectivity index (χ4n) is 3.11. The van der Waals surface area contributed by atoms with Crippen molar-refractivity contribution < 1.29 is 19.1 Å². The van der Waals surface area contributed by atoms with E-state index in [-0.39, 0.29) is 17.6 Å². The number of rotatable bonds is 5. The van der Waals surface area contributed by atoms with Crippen molar-refractivity contribution in [2.75, 3.05) is 23.3 Å². The summed E-state index contributed by atoms with van der Waals surface area (Å²) >= 11 is 0. The Kier molecular flexibility index (Phi) is 5.93. The van der Waals surface area contributed by atoms with Gasteiger partial charge in [-0.25, -0.2) is 4.79 Å². The highest BCUT2D eigenvalue weighted by Gasteiger charge is 2.30. The minimum Gasteiger partial charge on any atom is -0.424 e. The summed E-state index contributed by atoms with van der Waals surface area (Å²) in [5, 5.41) is 5.46. The molecule has 1 aliphatic heterocycles. The highest BCUT2D eigenvalue weighted by Crippen LogP contribution is 2.26. The molecule has 2 aromatic rings. The molecule has 28 heavy (non-hydrogen) atoms. The zero-order valence-corrected chi connectivity index (χ0v) is 15.9. The van der Waals surface area contributed by atoms with Crippen molar-refractivity contribution in [3.05, 3.63) is 54.1 Å². The van der Waals surface area contributed by atoms with E-state index in [1.165, 1.54) is 6.92 Å². The van der Waals surface area contributed by atoms with Gasteiger partial charge in [0.05, 0.1) is 5.69 Å². The van der Waals surface area contributed by atoms with Gasteiger partial charge in [-0.1, -0.05) is 29.8 Å². The largest absolute Gasteiger partial charge is 0.424 e. The molecule has 7 nitrogen and oxygen atoms in total. The van der Waals surface area contributed by atoms with Crippen LogP contribution < -0.4 is 20.3 Å². The van der Waals surface area contributed by atoms with E-state index in [1.54, 1.807) is 29.2 Å². The summed E-state index contributed by atoms with van der Waals surface area (Å²) in [7, 11) is 0. The lowest BCUT2D eigenvalue weighted by atomic mass is 10.1. The molecule has 7 heteroatoms. The van der Waals surface area contributed by atoms with Gasteiger partial charge in [0.25, 0.3) is 0 Å². The summed E-state index contributed by atoms with van der Waals surface area (Å²) in [5.74, 6) is -0.0957. The molecule has 0 spiro atoms. The Labute approximate surface area is 163 Å². The zero-order valence-electron chi connectivity index (χ0n) is 15.9. The molecule has 146 valence electrons. The molecule has 0 aromatic heterocycles. The Morgan fingerprint density at radius 1 is 1.14 bits per heavy atom. The first-order valence-corrected chi connectivity index (χ1v) is 9.11. The van der Waals surface area contributed by atoms with Gasteiger partial charge in [0, 0.05) is 38.0 Å². The summed E-state index contributed by atoms with van der Waals surface area (Å²) in [6.07, 6.45) is 0.387. The standard InChI is InChI=1S/C21H23N3O4/c1-14-7-9-17(10-8-14)24-13-16(11-20(24)26)12-22-21(27)23-18-5-3-4-6-19(18)28-15(2)25/h3-10,16H,11-13H2,1-2H3,(H2,22,23,27). The molecule has 1 aliphatic rings. The maximum Gasteiger partial charge on any atom is 0.319 e. The number of nitrogens with one attached hydrogen (secondary N) is 2. The number of para-hydroxylation sites is 2. The second-order valence-electron chi connectivity index (χ2n) is 6.83. The molecule has 1 unspecified atom stereocenters. The van der Waals surface area contributed by atoms with Crippen LogP contribution in [0.2, 0.25) is 0 Å². The van der Waals surface area contributed by atoms with Crippen molar-refractivity contribution in [2.24, 2.45) is 5.92 Å². The zero-order chi connectivity index (χ0) is 20.1. The van der Waals surface area contributed by atoms with Gasteiger partial charge in [0.2, 0.25) is 5.91 Å². The second kappa shape index (κ2) is 8.56. The molecule has 0 radical (unpaired) electrons. The van der Waals surface area contributed by atoms with Crippen LogP contribution in [0.15, 0.2) is 48.5 Å². The van der Waals surface area contributed by atoms with Gasteiger partial charge in [-0.15, -0.1) is 0 Å². The predicted molar refractivity (Wildman–Crippen MR) is 106 cm³/mol. The van der Waals surface area contributed by atoms with Crippen LogP contribution in [0.5, 0.6) is 5.75 Å². The van der Waals surface area contributed by atoms with E-state index >= 15 is 0 Å². The summed E-state index contributed by atoms with van der Waals surface area (Å²) < 4.78 is 5.08. The monoisotopic (exact) mass is 381 g/mol. The topological polar surface area (TPSA) is 87.7 Å². The van der Waals surface area contributed by atoms with Crippen molar-refractivity contribution in [3.8, 4) is 5.75 Å². The summed E-state index contributed by atoms with van der Waals surface area (Å²) in [4.78, 5) is 37.4. The number of ether oxygens (including phenoxy) is 1. The lowest BCUT2D eigenvalue weighted by Gasteiger charge is -2.17. The summed E-state index contributed by atoms with van der Waals surface area (Å²) in [6, 6.07) is 14.1. The number of aryl methyl sites for hydroxylation is 1. The lowest BCUT2D eigenvalue weighted by Crippen LogP contribution is -2.34. The Morgan fingerprint density at radius 3 is 2.57 bits per heavy atom. The van der Waals surface area contributed by atoms with Crippen LogP contribution in [0.25, 0.3) is 0 Å². The van der Waals surface area contributed by atoms with E-state index in [1.807, 2.05) is 31.2 Å². The highest BCUT2D eigenvalue weighted by atomic mass is 16.5. The lowest BCUT2D eigenvalue weighted by molar-refractivity contribution is -0.131. The fourth-order valence-corrected chi connectivity index (χ4v) is 3.11. The maximum atomic E-state index is 12.3. The average Bonchev–Trinajstić information content (AvgIpc) is 3.03. The van der Waals surface area contributed by atoms with E-state index in [2.05, 4.69) is 10.6 Å². The predicted octanol–water partition coefficient (Wildman–Crippen LogP) is 3.09. The third kappa shape index (κ3) is 4.88. The molecule has 2 N–H and O–H groups in total. The Bertz CT molecular complexity index is 879. The van der Waals surface area contributed by atoms with E-state index in [9.17, 15) is 14.4 Å². The van der Waals surface area contributed by atoms with Crippen LogP contribution in [0.3, 0.4) is 0 Å². The highest BCUT2D eigenvalue weighted by molar-refractivity contribution is 5.96. The number of benzene rings is 2. The third-order valence-corrected chi connectivity index (χ3v) is 4.49. The van der Waals surface area contributed by atoms with Gasteiger partial charge in [-0.3, -0.25) is 9.59 Å². The molecule has 0 bridgehead atoms. The first kappa shape index (κ1) is 19.4. The summed E-state index contributed by atoms with van der Waals surface area (Å²) in [5.41, 5.74) is 2.41. The van der Waals surface area contributed by atoms with Crippen LogP contribution in [0, 0.1) is 12.8 Å². The van der Waals surface area contributed by atoms with Gasteiger partial charge >= 0.3 is 12.0 Å². The molecule has 2 aromatic carbocycles. The van der Waals surface area contributed by atoms with Crippen LogP contribution >= 0.6 is 0 Å². The number of carbonyl (C=O) groups excluding carboxylic acids is 3. The molecule has 3 amide bonds. The van der Waals surface area contributed by atoms with Crippen LogP contribution in [-0.2, 0) is 9.59 Å². The summed E-state index contributed by atoms with van der Waals surface area (Å²) in [6.45, 7) is 4.23. The van der Waals surface area contributed by atoms with Crippen molar-refractivity contribution in [3.63, 3.8) is 0 Å². The number of esters is 1. The number of urea groups is 1. The van der Waals surface area contributed by atoms with E-state index in [0.29, 0.717) is 25.2 Å². The van der Waals surface area contributed by atoms with E-state index in [4.69, 9.17) is 4.74 Å². The van der Waals surface area contributed by atoms with Crippen LogP contribution in [-0.4, -0.2) is 31.0 Å². The van der Waals surface area contributed by atoms with Gasteiger partial charge in [0.1, 0.15) is 0 Å². The Balaban J connectivity index is 1.54. The van der Waals surface area contributed by atoms with Crippen molar-refractivity contribution in [2.45, 2.75) is 20.3 Å². The number of hydrogen-bond donors (Lipinski definition) is 2. The molecule has 0 aliphatic carbocycles. The first-order chi connectivity index (χ1) is 13.4. The molecule has 1 heterocycles. The Hall–Kier alpha value is -3.35. The number of anilines is 2. The van der Waals surface area contributed by atoms with Crippen molar-refractivity contribution in [1.82, 2.24) is 5.32 Å². The van der Waals surface area contributed by atoms with Gasteiger partial charge < -0.3 is 20.3 Å². The number of carbonyl (C=O) groups is 3. The average molecular weight is 381 g/mol. The fraction of sp³-hybridized carbons (Fsp3) is 0.286. The van der Waals surface area contributed by atoms with Gasteiger partial charge in [-0.05, 0) is 31.2 Å². The molecule has 3 rings (SSSR count). The number of nitrogens with zero attached hydrogens (tertiary/aromatic N) is 1. The van der Waals surface area contributed by atoms with E-state index in [0.717, 1.165) is 11.3 Å². The van der Waals surface area contributed by atoms with E-state index < -0.39 is 12.0 Å². The normalized spacial score (nSPS) is 16.0. The molecule has 1 saturated heterocycles. The number of hydrogen-bond acceptors (Lipinski definition) is 4. The molecule has 0 saturated carbocycles. The third-order valence-electron chi connectivity index (χ3n) is 4.49. The molecule has 1 fully saturated rings. The van der Waals surface area contributed by atoms with Crippen molar-refractivity contribution >= 4 is 29.3 Å². The quantitative estimate of drug-likeness (QED) is 0.615. The molecular formula is C21H23N3O4. The molecule has 1 atom stereocenters. The minimum absolute atomic E-state index is 0.0308. The maximum absolute atomic E-state index is 12.3. The van der Waals surface area contributed by atoms with Crippen LogP contribution in [0.1, 0.15) is 18.9 Å². The minimum atomic E-state index is -0.463. The van der Waals surface area contributed by atoms with Crippen molar-refractivity contribution in [1.29, 1.82) is 0 Å². The molecular weight excluding hydrogens is 358 g/mol. The first-order valence-electron chi connectivity index (χ1n) is 9.11. The Morgan fingerprint density at radius 2 is 1.86 bits per heavy atom. The van der Waals surface area contributed by atoms with Crippen LogP contribution in [0.4, 0.5) is 16.2 Å². The smallest absolute Gasteiger partial charge is 0.319 e.